The molecule has 0 radical (unpaired) electrons. The lowest BCUT2D eigenvalue weighted by Crippen LogP contribution is -2.53. The van der Waals surface area contributed by atoms with E-state index in [2.05, 4.69) is 34.2 Å². The first kappa shape index (κ1) is 26.4. The van der Waals surface area contributed by atoms with Gasteiger partial charge in [0.1, 0.15) is 17.8 Å². The van der Waals surface area contributed by atoms with Gasteiger partial charge in [0.25, 0.3) is 0 Å². The summed E-state index contributed by atoms with van der Waals surface area (Å²) in [6.07, 6.45) is 1.38. The maximum atomic E-state index is 12.6. The predicted molar refractivity (Wildman–Crippen MR) is 135 cm³/mol. The van der Waals surface area contributed by atoms with Gasteiger partial charge in [0.15, 0.2) is 5.96 Å². The van der Waals surface area contributed by atoms with Crippen molar-refractivity contribution in [2.45, 2.75) is 26.1 Å². The number of aromatic nitrogens is 1. The largest absolute Gasteiger partial charge is 0.493 e. The van der Waals surface area contributed by atoms with Crippen LogP contribution in [0.5, 0.6) is 5.75 Å². The molecule has 2 aromatic rings. The summed E-state index contributed by atoms with van der Waals surface area (Å²) in [5.41, 5.74) is 1.53. The maximum absolute atomic E-state index is 12.6. The van der Waals surface area contributed by atoms with Crippen LogP contribution in [-0.2, 0) is 22.3 Å². The van der Waals surface area contributed by atoms with Crippen molar-refractivity contribution in [2.24, 2.45) is 10.9 Å². The van der Waals surface area contributed by atoms with Gasteiger partial charge in [-0.25, -0.2) is 8.42 Å². The molecule has 9 nitrogen and oxygen atoms in total. The molecule has 1 aromatic carbocycles. The third-order valence-electron chi connectivity index (χ3n) is 4.92. The van der Waals surface area contributed by atoms with Crippen LogP contribution in [0.2, 0.25) is 0 Å². The highest BCUT2D eigenvalue weighted by molar-refractivity contribution is 14.0. The SMILES string of the molecule is CN=C(NCc1ccc(OCC(C)C)cc1)N1CCN(S(=O)(=O)Cc2ccon2)CC1.I. The number of sulfonamides is 1. The van der Waals surface area contributed by atoms with E-state index in [4.69, 9.17) is 9.26 Å². The molecule has 178 valence electrons. The first-order valence-electron chi connectivity index (χ1n) is 10.4. The lowest BCUT2D eigenvalue weighted by molar-refractivity contribution is 0.259. The third-order valence-corrected chi connectivity index (χ3v) is 6.73. The van der Waals surface area contributed by atoms with Gasteiger partial charge in [-0.15, -0.1) is 24.0 Å². The Morgan fingerprint density at radius 3 is 2.44 bits per heavy atom. The molecule has 0 amide bonds. The zero-order valence-corrected chi connectivity index (χ0v) is 21.9. The molecule has 0 unspecified atom stereocenters. The number of aliphatic imine (C=N–C) groups is 1. The fourth-order valence-electron chi connectivity index (χ4n) is 3.25. The van der Waals surface area contributed by atoms with Crippen molar-refractivity contribution in [1.29, 1.82) is 0 Å². The van der Waals surface area contributed by atoms with Gasteiger partial charge in [0.2, 0.25) is 10.0 Å². The number of hydrogen-bond acceptors (Lipinski definition) is 6. The van der Waals surface area contributed by atoms with Gasteiger partial charge in [-0.1, -0.05) is 31.1 Å². The van der Waals surface area contributed by atoms with Gasteiger partial charge in [0, 0.05) is 45.8 Å². The number of piperazine rings is 1. The summed E-state index contributed by atoms with van der Waals surface area (Å²) < 4.78 is 37.1. The highest BCUT2D eigenvalue weighted by atomic mass is 127. The van der Waals surface area contributed by atoms with Gasteiger partial charge >= 0.3 is 0 Å². The summed E-state index contributed by atoms with van der Waals surface area (Å²) in [6.45, 7) is 7.52. The highest BCUT2D eigenvalue weighted by Crippen LogP contribution is 2.15. The molecule has 1 fully saturated rings. The molecule has 0 spiro atoms. The molecule has 1 N–H and O–H groups in total. The fraction of sp³-hybridized carbons (Fsp3) is 0.524. The van der Waals surface area contributed by atoms with Crippen LogP contribution in [-0.4, -0.2) is 68.6 Å². The van der Waals surface area contributed by atoms with Crippen molar-refractivity contribution in [3.63, 3.8) is 0 Å². The molecule has 32 heavy (non-hydrogen) atoms. The number of guanidine groups is 1. The zero-order chi connectivity index (χ0) is 22.3. The van der Waals surface area contributed by atoms with Crippen molar-refractivity contribution in [3.05, 3.63) is 47.9 Å². The van der Waals surface area contributed by atoms with E-state index in [1.54, 1.807) is 13.1 Å². The van der Waals surface area contributed by atoms with Crippen LogP contribution in [0.3, 0.4) is 0 Å². The number of rotatable bonds is 8. The average Bonchev–Trinajstić information content (AvgIpc) is 3.26. The summed E-state index contributed by atoms with van der Waals surface area (Å²) in [5, 5.41) is 7.06. The Bertz CT molecular complexity index is 941. The molecule has 0 atom stereocenters. The molecule has 1 aliphatic rings. The van der Waals surface area contributed by atoms with Crippen LogP contribution in [0.15, 0.2) is 46.1 Å². The smallest absolute Gasteiger partial charge is 0.220 e. The number of nitrogens with zero attached hydrogens (tertiary/aromatic N) is 4. The number of nitrogens with one attached hydrogen (secondary N) is 1. The summed E-state index contributed by atoms with van der Waals surface area (Å²) in [4.78, 5) is 6.43. The van der Waals surface area contributed by atoms with Crippen molar-refractivity contribution in [1.82, 2.24) is 19.7 Å². The van der Waals surface area contributed by atoms with E-state index in [9.17, 15) is 8.42 Å². The van der Waals surface area contributed by atoms with Crippen LogP contribution in [0.4, 0.5) is 0 Å². The molecule has 1 aromatic heterocycles. The van der Waals surface area contributed by atoms with E-state index >= 15 is 0 Å². The second-order valence-electron chi connectivity index (χ2n) is 7.88. The van der Waals surface area contributed by atoms with Crippen LogP contribution in [0.25, 0.3) is 0 Å². The molecule has 0 saturated carbocycles. The van der Waals surface area contributed by atoms with Crippen LogP contribution < -0.4 is 10.1 Å². The number of ether oxygens (including phenoxy) is 1. The second kappa shape index (κ2) is 12.4. The molecular formula is C21H32IN5O4S. The van der Waals surface area contributed by atoms with Gasteiger partial charge < -0.3 is 19.5 Å². The van der Waals surface area contributed by atoms with Crippen LogP contribution >= 0.6 is 24.0 Å². The second-order valence-corrected chi connectivity index (χ2v) is 9.85. The van der Waals surface area contributed by atoms with Crippen molar-refractivity contribution in [2.75, 3.05) is 39.8 Å². The minimum atomic E-state index is -3.42. The van der Waals surface area contributed by atoms with Crippen LogP contribution in [0, 0.1) is 5.92 Å². The van der Waals surface area contributed by atoms with Gasteiger partial charge in [0.05, 0.1) is 12.3 Å². The first-order chi connectivity index (χ1) is 14.9. The fourth-order valence-corrected chi connectivity index (χ4v) is 4.67. The monoisotopic (exact) mass is 577 g/mol. The Morgan fingerprint density at radius 1 is 1.19 bits per heavy atom. The molecule has 0 aliphatic carbocycles. The number of hydrogen-bond donors (Lipinski definition) is 1. The topological polar surface area (TPSA) is 100 Å². The molecule has 11 heteroatoms. The van der Waals surface area contributed by atoms with E-state index in [-0.39, 0.29) is 29.7 Å². The minimum Gasteiger partial charge on any atom is -0.493 e. The number of benzene rings is 1. The van der Waals surface area contributed by atoms with Crippen molar-refractivity contribution < 1.29 is 17.7 Å². The van der Waals surface area contributed by atoms with Crippen LogP contribution in [0.1, 0.15) is 25.1 Å². The van der Waals surface area contributed by atoms with E-state index in [1.807, 2.05) is 24.3 Å². The highest BCUT2D eigenvalue weighted by Gasteiger charge is 2.28. The molecule has 0 bridgehead atoms. The van der Waals surface area contributed by atoms with E-state index in [0.717, 1.165) is 17.3 Å². The van der Waals surface area contributed by atoms with Gasteiger partial charge in [-0.3, -0.25) is 4.99 Å². The van der Waals surface area contributed by atoms with E-state index in [1.165, 1.54) is 10.6 Å². The molecular weight excluding hydrogens is 545 g/mol. The maximum Gasteiger partial charge on any atom is 0.220 e. The summed E-state index contributed by atoms with van der Waals surface area (Å²) in [6, 6.07) is 9.58. The Morgan fingerprint density at radius 2 is 1.88 bits per heavy atom. The Balaban J connectivity index is 0.00000363. The predicted octanol–water partition coefficient (Wildman–Crippen LogP) is 2.55. The third kappa shape index (κ3) is 7.62. The lowest BCUT2D eigenvalue weighted by atomic mass is 10.2. The normalized spacial score (nSPS) is 15.5. The standard InChI is InChI=1S/C21H31N5O4S.HI/c1-17(2)15-29-20-6-4-18(5-7-20)14-23-21(22-3)25-9-11-26(12-10-25)31(27,28)16-19-8-13-30-24-19;/h4-8,13,17H,9-12,14-16H2,1-3H3,(H,22,23);1H. The lowest BCUT2D eigenvalue weighted by Gasteiger charge is -2.35. The molecule has 1 aliphatic heterocycles. The summed E-state index contributed by atoms with van der Waals surface area (Å²) >= 11 is 0. The van der Waals surface area contributed by atoms with E-state index < -0.39 is 10.0 Å². The Kier molecular flexibility index (Phi) is 10.2. The van der Waals surface area contributed by atoms with E-state index in [0.29, 0.717) is 50.9 Å². The molecule has 1 saturated heterocycles. The first-order valence-corrected chi connectivity index (χ1v) is 12.0. The van der Waals surface area contributed by atoms with Gasteiger partial charge in [-0.2, -0.15) is 4.31 Å². The van der Waals surface area contributed by atoms with Gasteiger partial charge in [-0.05, 0) is 23.6 Å². The molecule has 3 rings (SSSR count). The quantitative estimate of drug-likeness (QED) is 0.293. The zero-order valence-electron chi connectivity index (χ0n) is 18.7. The Labute approximate surface area is 207 Å². The summed E-state index contributed by atoms with van der Waals surface area (Å²) in [7, 11) is -1.68. The van der Waals surface area contributed by atoms with Crippen molar-refractivity contribution in [3.8, 4) is 5.75 Å². The average molecular weight is 577 g/mol. The minimum absolute atomic E-state index is 0. The Hall–Kier alpha value is -1.86. The summed E-state index contributed by atoms with van der Waals surface area (Å²) in [5.74, 6) is 1.97. The number of halogens is 1. The molecule has 2 heterocycles. The van der Waals surface area contributed by atoms with Crippen molar-refractivity contribution >= 4 is 40.0 Å².